The number of H-pyrrole nitrogens is 1. The maximum absolute atomic E-state index is 13.0. The van der Waals surface area contributed by atoms with Crippen LogP contribution in [0.3, 0.4) is 0 Å². The molecule has 2 atom stereocenters. The Balaban J connectivity index is 1.26. The largest absolute Gasteiger partial charge is 0.496 e. The van der Waals surface area contributed by atoms with Crippen molar-refractivity contribution in [1.82, 2.24) is 19.8 Å². The van der Waals surface area contributed by atoms with Gasteiger partial charge in [0.2, 0.25) is 5.91 Å². The third-order valence-corrected chi connectivity index (χ3v) is 7.26. The number of aromatic nitrogens is 2. The molecule has 0 spiro atoms. The number of hydrogen-bond donors (Lipinski definition) is 1. The van der Waals surface area contributed by atoms with Gasteiger partial charge in [0.1, 0.15) is 11.6 Å². The highest BCUT2D eigenvalue weighted by Crippen LogP contribution is 2.29. The topological polar surface area (TPSA) is 78.5 Å². The highest BCUT2D eigenvalue weighted by molar-refractivity contribution is 5.79. The molecule has 0 saturated carbocycles. The number of para-hydroxylation sites is 1. The van der Waals surface area contributed by atoms with Gasteiger partial charge < -0.3 is 14.6 Å². The lowest BCUT2D eigenvalue weighted by Crippen LogP contribution is -2.37. The fourth-order valence-electron chi connectivity index (χ4n) is 5.36. The Morgan fingerprint density at radius 1 is 1.21 bits per heavy atom. The van der Waals surface area contributed by atoms with E-state index in [0.717, 1.165) is 80.1 Å². The number of fused-ring (bicyclic) bond motifs is 1. The minimum absolute atomic E-state index is 0.0399. The molecule has 1 aliphatic carbocycles. The van der Waals surface area contributed by atoms with Gasteiger partial charge in [0.15, 0.2) is 0 Å². The summed E-state index contributed by atoms with van der Waals surface area (Å²) < 4.78 is 5.48. The fraction of sp³-hybridized carbons (Fsp3) is 0.500. The van der Waals surface area contributed by atoms with Crippen molar-refractivity contribution in [1.29, 1.82) is 0 Å². The molecule has 1 N–H and O–H groups in total. The van der Waals surface area contributed by atoms with Gasteiger partial charge in [0.05, 0.1) is 18.4 Å². The van der Waals surface area contributed by atoms with E-state index in [1.807, 2.05) is 23.1 Å². The lowest BCUT2D eigenvalue weighted by Gasteiger charge is -2.28. The summed E-state index contributed by atoms with van der Waals surface area (Å²) in [6.07, 6.45) is 8.67. The molecule has 2 aromatic rings. The number of benzene rings is 1. The predicted octanol–water partition coefficient (Wildman–Crippen LogP) is 3.01. The van der Waals surface area contributed by atoms with Gasteiger partial charge >= 0.3 is 0 Å². The maximum atomic E-state index is 13.0. The van der Waals surface area contributed by atoms with Crippen LogP contribution in [0.15, 0.2) is 41.2 Å². The number of likely N-dealkylation sites (tertiary alicyclic amines) is 1. The van der Waals surface area contributed by atoms with E-state index in [1.54, 1.807) is 7.11 Å². The summed E-state index contributed by atoms with van der Waals surface area (Å²) in [5.74, 6) is 2.09. The van der Waals surface area contributed by atoms with E-state index in [0.29, 0.717) is 13.1 Å². The Bertz CT molecular complexity index is 1110. The molecule has 0 radical (unpaired) electrons. The van der Waals surface area contributed by atoms with Crippen molar-refractivity contribution in [3.8, 4) is 5.75 Å². The van der Waals surface area contributed by atoms with Crippen LogP contribution < -0.4 is 10.3 Å². The molecule has 0 unspecified atom stereocenters. The second-order valence-corrected chi connectivity index (χ2v) is 9.40. The fourth-order valence-corrected chi connectivity index (χ4v) is 5.36. The van der Waals surface area contributed by atoms with Gasteiger partial charge in [-0.15, -0.1) is 0 Å². The number of amides is 1. The summed E-state index contributed by atoms with van der Waals surface area (Å²) in [6.45, 7) is 3.57. The van der Waals surface area contributed by atoms with Crippen LogP contribution in [0.5, 0.6) is 5.75 Å². The standard InChI is InChI=1S/C26H32N4O3/c1-33-23-10-6-5-9-19(23)15-29-13-12-22-21(17-29)25(31)28-24(27-22)20-11-14-30(16-20)26(32)18-7-3-2-4-8-18/h2-3,5-6,9-10,18,20H,4,7-8,11-17H2,1H3,(H,27,28,31)/t18-,20-/m1/s1. The number of carbonyl (C=O) groups is 1. The normalized spacial score (nSPS) is 22.9. The van der Waals surface area contributed by atoms with Crippen molar-refractivity contribution in [3.05, 3.63) is 69.4 Å². The van der Waals surface area contributed by atoms with Gasteiger partial charge in [-0.1, -0.05) is 30.4 Å². The number of nitrogens with one attached hydrogen (secondary N) is 1. The van der Waals surface area contributed by atoms with Gasteiger partial charge in [-0.05, 0) is 31.7 Å². The summed E-state index contributed by atoms with van der Waals surface area (Å²) in [6, 6.07) is 8.01. The molecule has 7 heteroatoms. The van der Waals surface area contributed by atoms with Gasteiger partial charge in [-0.25, -0.2) is 4.98 Å². The molecular formula is C26H32N4O3. The number of aromatic amines is 1. The average molecular weight is 449 g/mol. The van der Waals surface area contributed by atoms with E-state index >= 15 is 0 Å². The van der Waals surface area contributed by atoms with Crippen LogP contribution >= 0.6 is 0 Å². The third kappa shape index (κ3) is 4.60. The van der Waals surface area contributed by atoms with Gasteiger partial charge in [-0.3, -0.25) is 14.5 Å². The smallest absolute Gasteiger partial charge is 0.255 e. The Morgan fingerprint density at radius 2 is 2.09 bits per heavy atom. The van der Waals surface area contributed by atoms with E-state index in [4.69, 9.17) is 9.72 Å². The summed E-state index contributed by atoms with van der Waals surface area (Å²) >= 11 is 0. The number of carbonyl (C=O) groups excluding carboxylic acids is 1. The highest BCUT2D eigenvalue weighted by atomic mass is 16.5. The number of nitrogens with zero attached hydrogens (tertiary/aromatic N) is 3. The summed E-state index contributed by atoms with van der Waals surface area (Å²) in [4.78, 5) is 38.1. The lowest BCUT2D eigenvalue weighted by atomic mass is 9.93. The zero-order chi connectivity index (χ0) is 22.8. The first-order valence-corrected chi connectivity index (χ1v) is 12.0. The maximum Gasteiger partial charge on any atom is 0.255 e. The summed E-state index contributed by atoms with van der Waals surface area (Å²) in [5, 5.41) is 0. The van der Waals surface area contributed by atoms with Crippen LogP contribution in [0.4, 0.5) is 0 Å². The van der Waals surface area contributed by atoms with Gasteiger partial charge in [0, 0.05) is 56.5 Å². The molecule has 3 aliphatic rings. The molecular weight excluding hydrogens is 416 g/mol. The minimum atomic E-state index is -0.0399. The molecule has 1 fully saturated rings. The zero-order valence-corrected chi connectivity index (χ0v) is 19.3. The van der Waals surface area contributed by atoms with Crippen LogP contribution in [-0.2, 0) is 24.3 Å². The summed E-state index contributed by atoms with van der Waals surface area (Å²) in [7, 11) is 1.68. The monoisotopic (exact) mass is 448 g/mol. The number of hydrogen-bond acceptors (Lipinski definition) is 5. The van der Waals surface area contributed by atoms with Gasteiger partial charge in [0.25, 0.3) is 5.56 Å². The highest BCUT2D eigenvalue weighted by Gasteiger charge is 2.33. The molecule has 174 valence electrons. The van der Waals surface area contributed by atoms with Crippen molar-refractivity contribution < 1.29 is 9.53 Å². The van der Waals surface area contributed by atoms with E-state index in [-0.39, 0.29) is 23.3 Å². The average Bonchev–Trinajstić information content (AvgIpc) is 3.35. The van der Waals surface area contributed by atoms with Crippen LogP contribution in [0.25, 0.3) is 0 Å². The Morgan fingerprint density at radius 3 is 2.91 bits per heavy atom. The number of ether oxygens (including phenoxy) is 1. The second kappa shape index (κ2) is 9.51. The van der Waals surface area contributed by atoms with Crippen LogP contribution in [0, 0.1) is 5.92 Å². The Hall–Kier alpha value is -2.93. The minimum Gasteiger partial charge on any atom is -0.496 e. The Labute approximate surface area is 194 Å². The molecule has 1 saturated heterocycles. The third-order valence-electron chi connectivity index (χ3n) is 7.26. The molecule has 0 bridgehead atoms. The van der Waals surface area contributed by atoms with Crippen LogP contribution in [-0.4, -0.2) is 52.4 Å². The van der Waals surface area contributed by atoms with E-state index in [9.17, 15) is 9.59 Å². The van der Waals surface area contributed by atoms with Crippen molar-refractivity contribution in [2.24, 2.45) is 5.92 Å². The molecule has 1 aromatic carbocycles. The van der Waals surface area contributed by atoms with Crippen LogP contribution in [0.2, 0.25) is 0 Å². The molecule has 7 nitrogen and oxygen atoms in total. The quantitative estimate of drug-likeness (QED) is 0.712. The first-order chi connectivity index (χ1) is 16.1. The molecule has 2 aliphatic heterocycles. The molecule has 5 rings (SSSR count). The molecule has 1 aromatic heterocycles. The number of rotatable bonds is 5. The van der Waals surface area contributed by atoms with Crippen LogP contribution in [0.1, 0.15) is 54.2 Å². The van der Waals surface area contributed by atoms with Crippen molar-refractivity contribution in [2.45, 2.75) is 51.1 Å². The second-order valence-electron chi connectivity index (χ2n) is 9.40. The van der Waals surface area contributed by atoms with E-state index in [1.165, 1.54) is 0 Å². The zero-order valence-electron chi connectivity index (χ0n) is 19.3. The SMILES string of the molecule is COc1ccccc1CN1CCc2nc([C@@H]3CCN(C(=O)[C@@H]4CC=CCC4)C3)[nH]c(=O)c2C1. The molecule has 33 heavy (non-hydrogen) atoms. The van der Waals surface area contributed by atoms with Crippen molar-refractivity contribution in [3.63, 3.8) is 0 Å². The predicted molar refractivity (Wildman–Crippen MR) is 126 cm³/mol. The van der Waals surface area contributed by atoms with Crippen molar-refractivity contribution >= 4 is 5.91 Å². The Kier molecular flexibility index (Phi) is 6.31. The molecule has 1 amide bonds. The number of methoxy groups -OCH3 is 1. The summed E-state index contributed by atoms with van der Waals surface area (Å²) in [5.41, 5.74) is 2.75. The van der Waals surface area contributed by atoms with Crippen molar-refractivity contribution in [2.75, 3.05) is 26.7 Å². The van der Waals surface area contributed by atoms with E-state index in [2.05, 4.69) is 28.1 Å². The first-order valence-electron chi connectivity index (χ1n) is 12.0. The molecule has 3 heterocycles. The first kappa shape index (κ1) is 21.9. The van der Waals surface area contributed by atoms with E-state index < -0.39 is 0 Å². The number of allylic oxidation sites excluding steroid dienone is 2. The lowest BCUT2D eigenvalue weighted by molar-refractivity contribution is -0.134. The van der Waals surface area contributed by atoms with Gasteiger partial charge in [-0.2, -0.15) is 0 Å².